The summed E-state index contributed by atoms with van der Waals surface area (Å²) in [4.78, 5) is 2.10. The van der Waals surface area contributed by atoms with Crippen molar-refractivity contribution in [3.8, 4) is 0 Å². The molecule has 0 aliphatic heterocycles. The van der Waals surface area contributed by atoms with Crippen molar-refractivity contribution in [3.05, 3.63) is 4.77 Å². The van der Waals surface area contributed by atoms with Gasteiger partial charge in [-0.2, -0.15) is 0 Å². The Labute approximate surface area is 89.9 Å². The molecular formula is C9H18N4S. The Morgan fingerprint density at radius 3 is 2.36 bits per heavy atom. The minimum atomic E-state index is 0.331. The van der Waals surface area contributed by atoms with Crippen molar-refractivity contribution in [2.75, 3.05) is 11.9 Å². The van der Waals surface area contributed by atoms with Gasteiger partial charge in [0.1, 0.15) is 0 Å². The number of aromatic amines is 1. The minimum absolute atomic E-state index is 0.331. The number of hydrogen-bond acceptors (Lipinski definition) is 3. The fraction of sp³-hybridized carbons (Fsp3) is 0.778. The van der Waals surface area contributed by atoms with Crippen molar-refractivity contribution in [2.45, 2.75) is 39.8 Å². The van der Waals surface area contributed by atoms with Crippen LogP contribution in [-0.4, -0.2) is 27.9 Å². The molecule has 0 radical (unpaired) electrons. The monoisotopic (exact) mass is 214 g/mol. The number of aromatic nitrogens is 3. The molecule has 0 saturated carbocycles. The molecule has 4 nitrogen and oxygen atoms in total. The molecule has 14 heavy (non-hydrogen) atoms. The molecule has 0 atom stereocenters. The van der Waals surface area contributed by atoms with Crippen molar-refractivity contribution in [3.63, 3.8) is 0 Å². The Bertz CT molecular complexity index is 350. The van der Waals surface area contributed by atoms with E-state index in [9.17, 15) is 0 Å². The molecule has 5 heteroatoms. The molecule has 0 unspecified atom stereocenters. The fourth-order valence-corrected chi connectivity index (χ4v) is 1.58. The van der Waals surface area contributed by atoms with E-state index in [1.54, 1.807) is 0 Å². The second-order valence-electron chi connectivity index (χ2n) is 4.00. The molecule has 0 bridgehead atoms. The van der Waals surface area contributed by atoms with Crippen molar-refractivity contribution in [1.82, 2.24) is 14.8 Å². The Morgan fingerprint density at radius 1 is 1.36 bits per heavy atom. The first kappa shape index (κ1) is 11.2. The molecule has 1 aromatic rings. The molecule has 0 saturated heterocycles. The van der Waals surface area contributed by atoms with Gasteiger partial charge in [-0.05, 0) is 39.9 Å². The summed E-state index contributed by atoms with van der Waals surface area (Å²) >= 11 is 5.17. The van der Waals surface area contributed by atoms with Gasteiger partial charge in [-0.15, -0.1) is 5.10 Å². The lowest BCUT2D eigenvalue weighted by Gasteiger charge is -2.23. The average molecular weight is 214 g/mol. The molecule has 0 aliphatic carbocycles. The van der Waals surface area contributed by atoms with Gasteiger partial charge >= 0.3 is 0 Å². The highest BCUT2D eigenvalue weighted by Gasteiger charge is 2.14. The van der Waals surface area contributed by atoms with E-state index in [4.69, 9.17) is 12.2 Å². The van der Waals surface area contributed by atoms with Crippen LogP contribution < -0.4 is 4.90 Å². The van der Waals surface area contributed by atoms with Crippen LogP contribution in [0.3, 0.4) is 0 Å². The zero-order valence-electron chi connectivity index (χ0n) is 9.40. The van der Waals surface area contributed by atoms with E-state index < -0.39 is 0 Å². The SMILES string of the molecule is CC(C)N(C)c1n[nH]c(=S)n1C(C)C. The molecule has 1 rings (SSSR count). The van der Waals surface area contributed by atoms with Gasteiger partial charge in [0, 0.05) is 19.1 Å². The summed E-state index contributed by atoms with van der Waals surface area (Å²) in [5.41, 5.74) is 0. The van der Waals surface area contributed by atoms with E-state index in [1.807, 2.05) is 11.6 Å². The molecule has 0 fully saturated rings. The molecule has 0 amide bonds. The van der Waals surface area contributed by atoms with Crippen LogP contribution >= 0.6 is 12.2 Å². The summed E-state index contributed by atoms with van der Waals surface area (Å²) in [5, 5.41) is 7.06. The van der Waals surface area contributed by atoms with Crippen LogP contribution in [0, 0.1) is 4.77 Å². The highest BCUT2D eigenvalue weighted by atomic mass is 32.1. The zero-order chi connectivity index (χ0) is 10.9. The summed E-state index contributed by atoms with van der Waals surface area (Å²) in [6.45, 7) is 8.46. The van der Waals surface area contributed by atoms with Crippen LogP contribution in [0.15, 0.2) is 0 Å². The van der Waals surface area contributed by atoms with Crippen molar-refractivity contribution >= 4 is 18.2 Å². The maximum absolute atomic E-state index is 5.17. The number of H-pyrrole nitrogens is 1. The van der Waals surface area contributed by atoms with Crippen LogP contribution in [0.1, 0.15) is 33.7 Å². The third-order valence-corrected chi connectivity index (χ3v) is 2.58. The molecule has 1 aromatic heterocycles. The summed E-state index contributed by atoms with van der Waals surface area (Å²) in [6, 6.07) is 0.746. The largest absolute Gasteiger partial charge is 0.342 e. The van der Waals surface area contributed by atoms with Gasteiger partial charge in [0.2, 0.25) is 5.95 Å². The maximum atomic E-state index is 5.17. The first-order valence-corrected chi connectivity index (χ1v) is 5.25. The van der Waals surface area contributed by atoms with Gasteiger partial charge in [0.25, 0.3) is 0 Å². The number of rotatable bonds is 3. The van der Waals surface area contributed by atoms with Gasteiger partial charge < -0.3 is 4.90 Å². The lowest BCUT2D eigenvalue weighted by molar-refractivity contribution is 0.573. The van der Waals surface area contributed by atoms with Crippen LogP contribution in [0.5, 0.6) is 0 Å². The molecule has 80 valence electrons. The van der Waals surface area contributed by atoms with E-state index in [-0.39, 0.29) is 0 Å². The summed E-state index contributed by atoms with van der Waals surface area (Å²) in [6.07, 6.45) is 0. The molecule has 1 heterocycles. The Hall–Kier alpha value is -0.840. The summed E-state index contributed by atoms with van der Waals surface area (Å²) in [5.74, 6) is 0.903. The Kier molecular flexibility index (Phi) is 3.31. The van der Waals surface area contributed by atoms with Gasteiger partial charge in [0.05, 0.1) is 0 Å². The Morgan fingerprint density at radius 2 is 1.93 bits per heavy atom. The minimum Gasteiger partial charge on any atom is -0.342 e. The predicted molar refractivity (Wildman–Crippen MR) is 61.3 cm³/mol. The topological polar surface area (TPSA) is 36.9 Å². The van der Waals surface area contributed by atoms with Gasteiger partial charge in [-0.3, -0.25) is 4.57 Å². The maximum Gasteiger partial charge on any atom is 0.225 e. The summed E-state index contributed by atoms with van der Waals surface area (Å²) < 4.78 is 2.71. The quantitative estimate of drug-likeness (QED) is 0.785. The highest BCUT2D eigenvalue weighted by molar-refractivity contribution is 7.71. The lowest BCUT2D eigenvalue weighted by atomic mass is 10.3. The van der Waals surface area contributed by atoms with E-state index in [1.165, 1.54) is 0 Å². The lowest BCUT2D eigenvalue weighted by Crippen LogP contribution is -2.29. The van der Waals surface area contributed by atoms with Crippen LogP contribution in [0.2, 0.25) is 0 Å². The predicted octanol–water partition coefficient (Wildman–Crippen LogP) is 2.37. The number of nitrogens with one attached hydrogen (secondary N) is 1. The molecule has 1 N–H and O–H groups in total. The first-order chi connectivity index (χ1) is 6.45. The van der Waals surface area contributed by atoms with Crippen molar-refractivity contribution in [1.29, 1.82) is 0 Å². The fourth-order valence-electron chi connectivity index (χ4n) is 1.24. The van der Waals surface area contributed by atoms with E-state index >= 15 is 0 Å². The first-order valence-electron chi connectivity index (χ1n) is 4.85. The van der Waals surface area contributed by atoms with Gasteiger partial charge in [0.15, 0.2) is 4.77 Å². The molecular weight excluding hydrogens is 196 g/mol. The normalized spacial score (nSPS) is 11.4. The third kappa shape index (κ3) is 1.97. The van der Waals surface area contributed by atoms with Crippen LogP contribution in [0.25, 0.3) is 0 Å². The van der Waals surface area contributed by atoms with Crippen molar-refractivity contribution < 1.29 is 0 Å². The molecule has 0 aromatic carbocycles. The molecule has 0 spiro atoms. The number of nitrogens with zero attached hydrogens (tertiary/aromatic N) is 3. The Balaban J connectivity index is 3.15. The smallest absolute Gasteiger partial charge is 0.225 e. The second-order valence-corrected chi connectivity index (χ2v) is 4.38. The van der Waals surface area contributed by atoms with Gasteiger partial charge in [-0.1, -0.05) is 0 Å². The summed E-state index contributed by atoms with van der Waals surface area (Å²) in [7, 11) is 2.02. The zero-order valence-corrected chi connectivity index (χ0v) is 10.2. The van der Waals surface area contributed by atoms with Gasteiger partial charge in [-0.25, -0.2) is 5.10 Å². The van der Waals surface area contributed by atoms with Crippen LogP contribution in [0.4, 0.5) is 5.95 Å². The average Bonchev–Trinajstić information content (AvgIpc) is 2.45. The van der Waals surface area contributed by atoms with Crippen LogP contribution in [-0.2, 0) is 0 Å². The number of anilines is 1. The van der Waals surface area contributed by atoms with Crippen molar-refractivity contribution in [2.24, 2.45) is 0 Å². The second kappa shape index (κ2) is 4.13. The van der Waals surface area contributed by atoms with E-state index in [2.05, 4.69) is 42.8 Å². The number of hydrogen-bond donors (Lipinski definition) is 1. The highest BCUT2D eigenvalue weighted by Crippen LogP contribution is 2.17. The third-order valence-electron chi connectivity index (χ3n) is 2.29. The standard InChI is InChI=1S/C9H18N4S/c1-6(2)12(5)8-10-11-9(14)13(8)7(3)4/h6-7H,1-5H3,(H,11,14). The van der Waals surface area contributed by atoms with E-state index in [0.717, 1.165) is 5.95 Å². The molecule has 0 aliphatic rings. The van der Waals surface area contributed by atoms with E-state index in [0.29, 0.717) is 16.9 Å².